The zero-order valence-electron chi connectivity index (χ0n) is 10.2. The molecule has 6 nitrogen and oxygen atoms in total. The molecule has 1 amide bonds. The third-order valence-electron chi connectivity index (χ3n) is 3.53. The number of carbonyl (C=O) groups is 1. The Morgan fingerprint density at radius 3 is 2.68 bits per heavy atom. The van der Waals surface area contributed by atoms with E-state index in [-0.39, 0.29) is 6.61 Å². The van der Waals surface area contributed by atoms with E-state index in [4.69, 9.17) is 9.57 Å². The number of benzene rings is 1. The minimum absolute atomic E-state index is 0.148. The van der Waals surface area contributed by atoms with Crippen molar-refractivity contribution in [3.8, 4) is 0 Å². The quantitative estimate of drug-likeness (QED) is 0.811. The number of hydroxylamine groups is 2. The van der Waals surface area contributed by atoms with Gasteiger partial charge >= 0.3 is 6.09 Å². The van der Waals surface area contributed by atoms with Gasteiger partial charge in [-0.2, -0.15) is 5.06 Å². The average molecular weight is 265 g/mol. The molecular formula is C13H15NO5. The second kappa shape index (κ2) is 4.80. The highest BCUT2D eigenvalue weighted by Crippen LogP contribution is 2.36. The zero-order chi connectivity index (χ0) is 13.4. The number of aliphatic hydroxyl groups is 2. The molecule has 2 N–H and O–H groups in total. The van der Waals surface area contributed by atoms with Crippen LogP contribution in [0.15, 0.2) is 30.3 Å². The van der Waals surface area contributed by atoms with Gasteiger partial charge in [-0.15, -0.1) is 0 Å². The van der Waals surface area contributed by atoms with Gasteiger partial charge < -0.3 is 14.9 Å². The van der Waals surface area contributed by atoms with E-state index >= 15 is 0 Å². The lowest BCUT2D eigenvalue weighted by molar-refractivity contribution is -0.224. The summed E-state index contributed by atoms with van der Waals surface area (Å²) in [5, 5.41) is 20.3. The number of amides is 1. The van der Waals surface area contributed by atoms with Crippen molar-refractivity contribution in [1.82, 2.24) is 5.06 Å². The highest BCUT2D eigenvalue weighted by molar-refractivity contribution is 5.67. The molecule has 0 aromatic heterocycles. The fraction of sp³-hybridized carbons (Fsp3) is 0.462. The Morgan fingerprint density at radius 1 is 1.32 bits per heavy atom. The first kappa shape index (κ1) is 12.4. The van der Waals surface area contributed by atoms with Gasteiger partial charge in [-0.05, 0) is 5.56 Å². The first-order valence-electron chi connectivity index (χ1n) is 6.19. The molecule has 1 aliphatic heterocycles. The Hall–Kier alpha value is -1.63. The number of hydrogen-bond donors (Lipinski definition) is 2. The lowest BCUT2D eigenvalue weighted by Gasteiger charge is -2.31. The Balaban J connectivity index is 1.58. The summed E-state index contributed by atoms with van der Waals surface area (Å²) >= 11 is 0. The number of fused-ring (bicyclic) bond motifs is 2. The molecule has 2 fully saturated rings. The Kier molecular flexibility index (Phi) is 3.14. The molecule has 4 atom stereocenters. The molecule has 2 bridgehead atoms. The molecule has 3 rings (SSSR count). The molecule has 1 heterocycles. The Labute approximate surface area is 110 Å². The summed E-state index contributed by atoms with van der Waals surface area (Å²) in [6.45, 7) is 0.148. The topological polar surface area (TPSA) is 79.2 Å². The van der Waals surface area contributed by atoms with Crippen LogP contribution in [0.5, 0.6) is 0 Å². The van der Waals surface area contributed by atoms with Crippen LogP contribution < -0.4 is 0 Å². The molecule has 1 aromatic rings. The summed E-state index contributed by atoms with van der Waals surface area (Å²) in [6, 6.07) is 8.77. The van der Waals surface area contributed by atoms with E-state index in [0.717, 1.165) is 10.6 Å². The molecule has 1 aliphatic carbocycles. The molecular weight excluding hydrogens is 250 g/mol. The fourth-order valence-electron chi connectivity index (χ4n) is 2.49. The normalized spacial score (nSPS) is 32.6. The van der Waals surface area contributed by atoms with Gasteiger partial charge in [-0.25, -0.2) is 4.79 Å². The zero-order valence-corrected chi connectivity index (χ0v) is 10.2. The van der Waals surface area contributed by atoms with Gasteiger partial charge in [0.15, 0.2) is 0 Å². The second-order valence-corrected chi connectivity index (χ2v) is 4.79. The van der Waals surface area contributed by atoms with E-state index in [1.54, 1.807) is 0 Å². The third kappa shape index (κ3) is 2.18. The smallest absolute Gasteiger partial charge is 0.434 e. The third-order valence-corrected chi connectivity index (χ3v) is 3.53. The van der Waals surface area contributed by atoms with Crippen LogP contribution in [-0.2, 0) is 16.2 Å². The Bertz CT molecular complexity index is 463. The lowest BCUT2D eigenvalue weighted by Crippen LogP contribution is -2.50. The summed E-state index contributed by atoms with van der Waals surface area (Å²) in [7, 11) is 0. The summed E-state index contributed by atoms with van der Waals surface area (Å²) in [6.07, 6.45) is -2.62. The number of nitrogens with zero attached hydrogens (tertiary/aromatic N) is 1. The molecule has 19 heavy (non-hydrogen) atoms. The van der Waals surface area contributed by atoms with E-state index in [2.05, 4.69) is 0 Å². The van der Waals surface area contributed by atoms with Crippen LogP contribution in [0.25, 0.3) is 0 Å². The SMILES string of the molecule is O=C(OCc1ccccc1)N1OC2CC1[C@H](O)[C@@H]2O. The predicted octanol–water partition coefficient (Wildman–Crippen LogP) is 0.433. The van der Waals surface area contributed by atoms with Crippen LogP contribution in [0.1, 0.15) is 12.0 Å². The number of rotatable bonds is 2. The average Bonchev–Trinajstić information content (AvgIpc) is 2.98. The van der Waals surface area contributed by atoms with Crippen LogP contribution in [0.3, 0.4) is 0 Å². The summed E-state index contributed by atoms with van der Waals surface area (Å²) in [5.41, 5.74) is 0.876. The number of ether oxygens (including phenoxy) is 1. The van der Waals surface area contributed by atoms with E-state index in [1.165, 1.54) is 0 Å². The van der Waals surface area contributed by atoms with E-state index in [9.17, 15) is 15.0 Å². The monoisotopic (exact) mass is 265 g/mol. The number of hydrogen-bond acceptors (Lipinski definition) is 5. The standard InChI is InChI=1S/C13H15NO5/c15-11-9-6-10(12(11)16)19-14(9)13(17)18-7-8-4-2-1-3-5-8/h1-5,9-12,15-16H,6-7H2/t9?,10?,11-,12+/m0/s1. The van der Waals surface area contributed by atoms with Gasteiger partial charge in [-0.1, -0.05) is 30.3 Å². The highest BCUT2D eigenvalue weighted by atomic mass is 16.8. The van der Waals surface area contributed by atoms with Crippen molar-refractivity contribution in [1.29, 1.82) is 0 Å². The van der Waals surface area contributed by atoms with Gasteiger partial charge in [-0.3, -0.25) is 4.84 Å². The van der Waals surface area contributed by atoms with Crippen LogP contribution in [0.2, 0.25) is 0 Å². The molecule has 2 aliphatic rings. The van der Waals surface area contributed by atoms with Gasteiger partial charge in [0.1, 0.15) is 24.9 Å². The van der Waals surface area contributed by atoms with Gasteiger partial charge in [0.05, 0.1) is 6.04 Å². The fourth-order valence-corrected chi connectivity index (χ4v) is 2.49. The van der Waals surface area contributed by atoms with Crippen LogP contribution in [-0.4, -0.2) is 45.7 Å². The van der Waals surface area contributed by atoms with Crippen LogP contribution in [0.4, 0.5) is 4.79 Å². The van der Waals surface area contributed by atoms with Crippen molar-refractivity contribution >= 4 is 6.09 Å². The van der Waals surface area contributed by atoms with E-state index in [1.807, 2.05) is 30.3 Å². The first-order chi connectivity index (χ1) is 9.16. The summed E-state index contributed by atoms with van der Waals surface area (Å²) < 4.78 is 5.12. The van der Waals surface area contributed by atoms with Crippen molar-refractivity contribution in [2.45, 2.75) is 37.4 Å². The first-order valence-corrected chi connectivity index (χ1v) is 6.19. The Morgan fingerprint density at radius 2 is 2.05 bits per heavy atom. The van der Waals surface area contributed by atoms with Crippen molar-refractivity contribution < 1.29 is 24.6 Å². The molecule has 1 saturated heterocycles. The van der Waals surface area contributed by atoms with Gasteiger partial charge in [0, 0.05) is 6.42 Å². The molecule has 2 unspecified atom stereocenters. The molecule has 1 aromatic carbocycles. The van der Waals surface area contributed by atoms with E-state index < -0.39 is 30.4 Å². The van der Waals surface area contributed by atoms with Crippen molar-refractivity contribution in [3.63, 3.8) is 0 Å². The largest absolute Gasteiger partial charge is 0.443 e. The molecule has 102 valence electrons. The van der Waals surface area contributed by atoms with E-state index in [0.29, 0.717) is 6.42 Å². The maximum atomic E-state index is 11.8. The predicted molar refractivity (Wildman–Crippen MR) is 63.8 cm³/mol. The molecule has 1 saturated carbocycles. The highest BCUT2D eigenvalue weighted by Gasteiger charge is 2.54. The summed E-state index contributed by atoms with van der Waals surface area (Å²) in [4.78, 5) is 17.1. The van der Waals surface area contributed by atoms with Crippen molar-refractivity contribution in [3.05, 3.63) is 35.9 Å². The number of carbonyl (C=O) groups excluding carboxylic acids is 1. The van der Waals surface area contributed by atoms with Gasteiger partial charge in [0.2, 0.25) is 0 Å². The number of aliphatic hydroxyl groups excluding tert-OH is 2. The minimum Gasteiger partial charge on any atom is -0.443 e. The minimum atomic E-state index is -0.969. The molecule has 6 heteroatoms. The van der Waals surface area contributed by atoms with Crippen molar-refractivity contribution in [2.24, 2.45) is 0 Å². The maximum Gasteiger partial charge on any atom is 0.434 e. The van der Waals surface area contributed by atoms with Crippen LogP contribution >= 0.6 is 0 Å². The lowest BCUT2D eigenvalue weighted by atomic mass is 10.2. The maximum absolute atomic E-state index is 11.8. The second-order valence-electron chi connectivity index (χ2n) is 4.79. The van der Waals surface area contributed by atoms with Gasteiger partial charge in [0.25, 0.3) is 0 Å². The van der Waals surface area contributed by atoms with Crippen LogP contribution in [0, 0.1) is 0 Å². The molecule has 0 spiro atoms. The molecule has 0 radical (unpaired) electrons. The van der Waals surface area contributed by atoms with Crippen molar-refractivity contribution in [2.75, 3.05) is 0 Å². The summed E-state index contributed by atoms with van der Waals surface area (Å²) in [5.74, 6) is 0.